The molecule has 2 heteroatoms. The molecule has 2 aromatic rings. The Kier molecular flexibility index (Phi) is 2.74. The maximum absolute atomic E-state index is 11.2. The van der Waals surface area contributed by atoms with Crippen molar-refractivity contribution in [1.82, 2.24) is 0 Å². The van der Waals surface area contributed by atoms with E-state index in [-0.39, 0.29) is 5.92 Å². The number of aliphatic hydroxyl groups is 1. The molecule has 0 aromatic heterocycles. The molecule has 2 aromatic carbocycles. The number of hydrogen-bond donors (Lipinski definition) is 1. The van der Waals surface area contributed by atoms with Gasteiger partial charge in [0.2, 0.25) is 0 Å². The number of aryl methyl sites for hydroxylation is 3. The van der Waals surface area contributed by atoms with Crippen LogP contribution in [0.2, 0.25) is 0 Å². The van der Waals surface area contributed by atoms with Crippen molar-refractivity contribution in [2.75, 3.05) is 6.61 Å². The largest absolute Gasteiger partial charge is 0.490 e. The van der Waals surface area contributed by atoms with E-state index in [1.54, 1.807) is 0 Å². The van der Waals surface area contributed by atoms with Crippen LogP contribution in [-0.2, 0) is 6.42 Å². The molecule has 22 heavy (non-hydrogen) atoms. The van der Waals surface area contributed by atoms with Crippen molar-refractivity contribution in [3.63, 3.8) is 0 Å². The monoisotopic (exact) mass is 294 g/mol. The van der Waals surface area contributed by atoms with E-state index >= 15 is 0 Å². The second-order valence-electron chi connectivity index (χ2n) is 7.06. The summed E-state index contributed by atoms with van der Waals surface area (Å²) in [4.78, 5) is 0. The van der Waals surface area contributed by atoms with Crippen LogP contribution in [0.25, 0.3) is 0 Å². The van der Waals surface area contributed by atoms with Crippen LogP contribution in [0.3, 0.4) is 0 Å². The lowest BCUT2D eigenvalue weighted by Crippen LogP contribution is -2.44. The third-order valence-electron chi connectivity index (χ3n) is 5.59. The van der Waals surface area contributed by atoms with Crippen LogP contribution in [0.1, 0.15) is 44.9 Å². The smallest absolute Gasteiger partial charge is 0.126 e. The molecule has 0 radical (unpaired) electrons. The number of ether oxygens (including phenoxy) is 1. The predicted octanol–water partition coefficient (Wildman–Crippen LogP) is 3.73. The maximum Gasteiger partial charge on any atom is 0.126 e. The van der Waals surface area contributed by atoms with Crippen LogP contribution < -0.4 is 4.74 Å². The first-order valence-electron chi connectivity index (χ1n) is 7.96. The normalized spacial score (nSPS) is 25.2. The average Bonchev–Trinajstić information content (AvgIpc) is 2.75. The average molecular weight is 294 g/mol. The first kappa shape index (κ1) is 13.8. The number of benzene rings is 2. The number of hydrogen-bond acceptors (Lipinski definition) is 2. The van der Waals surface area contributed by atoms with E-state index in [4.69, 9.17) is 4.74 Å². The molecule has 1 heterocycles. The fraction of sp³-hybridized carbons (Fsp3) is 0.400. The molecular weight excluding hydrogens is 272 g/mol. The SMILES string of the molecule is Cc1cc2c(cc1C)C1c3ccc(C)c(C)c3OCC1(O)C2. The van der Waals surface area contributed by atoms with Crippen LogP contribution in [0.5, 0.6) is 5.75 Å². The summed E-state index contributed by atoms with van der Waals surface area (Å²) in [5.41, 5.74) is 7.89. The molecule has 0 saturated carbocycles. The highest BCUT2D eigenvalue weighted by Crippen LogP contribution is 2.52. The Morgan fingerprint density at radius 2 is 1.73 bits per heavy atom. The van der Waals surface area contributed by atoms with E-state index in [2.05, 4.69) is 52.0 Å². The quantitative estimate of drug-likeness (QED) is 0.802. The zero-order valence-electron chi connectivity index (χ0n) is 13.7. The third-order valence-corrected chi connectivity index (χ3v) is 5.59. The number of rotatable bonds is 0. The molecule has 2 aliphatic rings. The summed E-state index contributed by atoms with van der Waals surface area (Å²) in [6.45, 7) is 8.87. The lowest BCUT2D eigenvalue weighted by atomic mass is 9.79. The molecule has 1 aliphatic carbocycles. The van der Waals surface area contributed by atoms with E-state index in [9.17, 15) is 5.11 Å². The van der Waals surface area contributed by atoms with Crippen LogP contribution in [0.15, 0.2) is 24.3 Å². The standard InChI is InChI=1S/C20H22O2/c1-11-5-6-16-18-17-8-13(3)12(2)7-15(17)9-20(18,21)10-22-19(16)14(11)4/h5-8,18,21H,9-10H2,1-4H3. The second-order valence-corrected chi connectivity index (χ2v) is 7.06. The molecule has 0 bridgehead atoms. The molecule has 114 valence electrons. The summed E-state index contributed by atoms with van der Waals surface area (Å²) < 4.78 is 5.99. The number of fused-ring (bicyclic) bond motifs is 5. The van der Waals surface area contributed by atoms with Crippen molar-refractivity contribution in [1.29, 1.82) is 0 Å². The Morgan fingerprint density at radius 1 is 1.00 bits per heavy atom. The van der Waals surface area contributed by atoms with Crippen molar-refractivity contribution in [3.05, 3.63) is 63.2 Å². The van der Waals surface area contributed by atoms with Crippen LogP contribution in [-0.4, -0.2) is 17.3 Å². The van der Waals surface area contributed by atoms with E-state index in [1.807, 2.05) is 0 Å². The Hall–Kier alpha value is -1.80. The van der Waals surface area contributed by atoms with Gasteiger partial charge in [0.25, 0.3) is 0 Å². The minimum Gasteiger partial charge on any atom is -0.490 e. The Morgan fingerprint density at radius 3 is 2.50 bits per heavy atom. The highest BCUT2D eigenvalue weighted by atomic mass is 16.5. The van der Waals surface area contributed by atoms with Crippen molar-refractivity contribution < 1.29 is 9.84 Å². The molecular formula is C20H22O2. The summed E-state index contributed by atoms with van der Waals surface area (Å²) in [5, 5.41) is 11.2. The molecule has 1 N–H and O–H groups in total. The molecule has 2 nitrogen and oxygen atoms in total. The zero-order valence-corrected chi connectivity index (χ0v) is 13.7. The molecule has 0 spiro atoms. The van der Waals surface area contributed by atoms with Gasteiger partial charge in [0.1, 0.15) is 18.0 Å². The van der Waals surface area contributed by atoms with Crippen molar-refractivity contribution in [2.24, 2.45) is 0 Å². The van der Waals surface area contributed by atoms with Gasteiger partial charge in [0, 0.05) is 17.9 Å². The van der Waals surface area contributed by atoms with Gasteiger partial charge in [-0.1, -0.05) is 24.3 Å². The van der Waals surface area contributed by atoms with Crippen LogP contribution in [0, 0.1) is 27.7 Å². The van der Waals surface area contributed by atoms with Gasteiger partial charge in [-0.15, -0.1) is 0 Å². The topological polar surface area (TPSA) is 29.5 Å². The Labute approximate surface area is 131 Å². The summed E-state index contributed by atoms with van der Waals surface area (Å²) in [6, 6.07) is 8.78. The molecule has 0 saturated heterocycles. The third kappa shape index (κ3) is 1.70. The van der Waals surface area contributed by atoms with Crippen LogP contribution in [0.4, 0.5) is 0 Å². The van der Waals surface area contributed by atoms with Crippen molar-refractivity contribution in [2.45, 2.75) is 45.6 Å². The first-order chi connectivity index (χ1) is 10.4. The Balaban J connectivity index is 1.97. The Bertz CT molecular complexity index is 791. The van der Waals surface area contributed by atoms with Gasteiger partial charge in [-0.05, 0) is 61.1 Å². The summed E-state index contributed by atoms with van der Waals surface area (Å²) in [6.07, 6.45) is 0.681. The molecule has 2 atom stereocenters. The van der Waals surface area contributed by atoms with E-state index < -0.39 is 5.60 Å². The van der Waals surface area contributed by atoms with Gasteiger partial charge in [0.15, 0.2) is 0 Å². The zero-order chi connectivity index (χ0) is 15.6. The van der Waals surface area contributed by atoms with Crippen molar-refractivity contribution >= 4 is 0 Å². The predicted molar refractivity (Wildman–Crippen MR) is 87.8 cm³/mol. The van der Waals surface area contributed by atoms with Gasteiger partial charge in [-0.25, -0.2) is 0 Å². The maximum atomic E-state index is 11.2. The molecule has 0 fully saturated rings. The van der Waals surface area contributed by atoms with Gasteiger partial charge in [-0.2, -0.15) is 0 Å². The fourth-order valence-corrected chi connectivity index (χ4v) is 4.06. The van der Waals surface area contributed by atoms with E-state index in [0.717, 1.165) is 11.3 Å². The second kappa shape index (κ2) is 4.36. The van der Waals surface area contributed by atoms with Crippen molar-refractivity contribution in [3.8, 4) is 5.75 Å². The highest BCUT2D eigenvalue weighted by molar-refractivity contribution is 5.58. The first-order valence-corrected chi connectivity index (χ1v) is 7.96. The lowest BCUT2D eigenvalue weighted by molar-refractivity contribution is -0.0220. The highest BCUT2D eigenvalue weighted by Gasteiger charge is 2.50. The minimum absolute atomic E-state index is 0.0323. The molecule has 1 aliphatic heterocycles. The minimum atomic E-state index is -0.808. The van der Waals surface area contributed by atoms with Crippen LogP contribution >= 0.6 is 0 Å². The summed E-state index contributed by atoms with van der Waals surface area (Å²) >= 11 is 0. The van der Waals surface area contributed by atoms with Gasteiger partial charge in [-0.3, -0.25) is 0 Å². The van der Waals surface area contributed by atoms with E-state index in [0.29, 0.717) is 13.0 Å². The molecule has 0 amide bonds. The molecule has 2 unspecified atom stereocenters. The van der Waals surface area contributed by atoms with Gasteiger partial charge >= 0.3 is 0 Å². The van der Waals surface area contributed by atoms with Gasteiger partial charge < -0.3 is 9.84 Å². The summed E-state index contributed by atoms with van der Waals surface area (Å²) in [7, 11) is 0. The lowest BCUT2D eigenvalue weighted by Gasteiger charge is -2.37. The summed E-state index contributed by atoms with van der Waals surface area (Å²) in [5.74, 6) is 1.01. The van der Waals surface area contributed by atoms with E-state index in [1.165, 1.54) is 33.4 Å². The van der Waals surface area contributed by atoms with Gasteiger partial charge in [0.05, 0.1) is 0 Å². The molecule has 4 rings (SSSR count). The fourth-order valence-electron chi connectivity index (χ4n) is 4.06.